The van der Waals surface area contributed by atoms with Crippen LogP contribution in [-0.2, 0) is 6.42 Å². The van der Waals surface area contributed by atoms with E-state index in [9.17, 15) is 0 Å². The molecule has 1 atom stereocenters. The van der Waals surface area contributed by atoms with Gasteiger partial charge >= 0.3 is 0 Å². The van der Waals surface area contributed by atoms with Crippen LogP contribution in [0.4, 0.5) is 0 Å². The van der Waals surface area contributed by atoms with Crippen molar-refractivity contribution in [3.63, 3.8) is 0 Å². The van der Waals surface area contributed by atoms with Gasteiger partial charge in [-0.05, 0) is 46.1 Å². The molecule has 0 aliphatic rings. The van der Waals surface area contributed by atoms with Gasteiger partial charge in [0.1, 0.15) is 0 Å². The molecule has 0 N–H and O–H groups in total. The lowest BCUT2D eigenvalue weighted by atomic mass is 10.1. The van der Waals surface area contributed by atoms with Crippen molar-refractivity contribution in [2.75, 3.05) is 0 Å². The molecule has 1 heterocycles. The average Bonchev–Trinajstić information content (AvgIpc) is 2.63. The maximum atomic E-state index is 6.03. The zero-order valence-corrected chi connectivity index (χ0v) is 14.9. The van der Waals surface area contributed by atoms with Gasteiger partial charge in [0.2, 0.25) is 0 Å². The third-order valence-electron chi connectivity index (χ3n) is 2.30. The molecule has 90 valence electrons. The predicted octanol–water partition coefficient (Wildman–Crippen LogP) is 6.61. The number of thiophene rings is 1. The molecule has 1 aromatic carbocycles. The van der Waals surface area contributed by atoms with E-state index < -0.39 is 0 Å². The highest BCUT2D eigenvalue weighted by atomic mass is 79.9. The largest absolute Gasteiger partial charge is 0.130 e. The van der Waals surface area contributed by atoms with Gasteiger partial charge < -0.3 is 0 Å². The van der Waals surface area contributed by atoms with E-state index in [-0.39, 0.29) is 0 Å². The van der Waals surface area contributed by atoms with Gasteiger partial charge in [0.25, 0.3) is 0 Å². The van der Waals surface area contributed by atoms with Crippen molar-refractivity contribution in [1.82, 2.24) is 0 Å². The van der Waals surface area contributed by atoms with E-state index in [1.54, 1.807) is 11.3 Å². The van der Waals surface area contributed by atoms with Crippen LogP contribution in [0.25, 0.3) is 0 Å². The molecule has 17 heavy (non-hydrogen) atoms. The molecule has 0 fully saturated rings. The molecule has 1 unspecified atom stereocenters. The van der Waals surface area contributed by atoms with Crippen LogP contribution in [0.5, 0.6) is 0 Å². The molecule has 0 spiro atoms. The SMILES string of the molecule is Clc1cc(C(Br)Cc2ccc(Br)cc2)sc1Br. The Morgan fingerprint density at radius 3 is 2.35 bits per heavy atom. The predicted molar refractivity (Wildman–Crippen MR) is 86.5 cm³/mol. The Labute approximate surface area is 135 Å². The van der Waals surface area contributed by atoms with Crippen molar-refractivity contribution in [3.05, 3.63) is 54.1 Å². The van der Waals surface area contributed by atoms with Gasteiger partial charge in [-0.15, -0.1) is 11.3 Å². The molecule has 0 saturated carbocycles. The fourth-order valence-electron chi connectivity index (χ4n) is 1.45. The normalized spacial score (nSPS) is 12.7. The van der Waals surface area contributed by atoms with Crippen molar-refractivity contribution in [1.29, 1.82) is 0 Å². The Morgan fingerprint density at radius 1 is 1.18 bits per heavy atom. The number of halogens is 4. The summed E-state index contributed by atoms with van der Waals surface area (Å²) in [4.78, 5) is 1.54. The van der Waals surface area contributed by atoms with Crippen molar-refractivity contribution in [2.24, 2.45) is 0 Å². The first-order valence-corrected chi connectivity index (χ1v) is 8.59. The Hall–Kier alpha value is 0.650. The number of rotatable bonds is 3. The monoisotopic (exact) mass is 456 g/mol. The van der Waals surface area contributed by atoms with E-state index >= 15 is 0 Å². The number of hydrogen-bond donors (Lipinski definition) is 0. The van der Waals surface area contributed by atoms with Crippen LogP contribution in [0.15, 0.2) is 38.6 Å². The summed E-state index contributed by atoms with van der Waals surface area (Å²) in [5.74, 6) is 0. The average molecular weight is 459 g/mol. The zero-order valence-electron chi connectivity index (χ0n) is 8.59. The van der Waals surface area contributed by atoms with E-state index in [0.717, 1.165) is 19.7 Å². The lowest BCUT2D eigenvalue weighted by Crippen LogP contribution is -1.92. The van der Waals surface area contributed by atoms with Gasteiger partial charge in [0.05, 0.1) is 13.6 Å². The van der Waals surface area contributed by atoms with Gasteiger partial charge in [0.15, 0.2) is 0 Å². The van der Waals surface area contributed by atoms with Crippen LogP contribution in [0.3, 0.4) is 0 Å². The molecule has 5 heteroatoms. The first-order valence-electron chi connectivity index (χ1n) is 4.89. The van der Waals surface area contributed by atoms with E-state index in [0.29, 0.717) is 4.83 Å². The Morgan fingerprint density at radius 2 is 1.82 bits per heavy atom. The topological polar surface area (TPSA) is 0 Å². The third-order valence-corrected chi connectivity index (χ3v) is 6.54. The van der Waals surface area contributed by atoms with Crippen molar-refractivity contribution in [3.8, 4) is 0 Å². The molecule has 0 aliphatic heterocycles. The van der Waals surface area contributed by atoms with E-state index in [1.165, 1.54) is 10.4 Å². The molecule has 2 aromatic rings. The highest BCUT2D eigenvalue weighted by molar-refractivity contribution is 9.11. The highest BCUT2D eigenvalue weighted by Gasteiger charge is 2.13. The highest BCUT2D eigenvalue weighted by Crippen LogP contribution is 2.39. The molecule has 0 saturated heterocycles. The van der Waals surface area contributed by atoms with Gasteiger partial charge in [0, 0.05) is 9.35 Å². The van der Waals surface area contributed by atoms with Crippen molar-refractivity contribution < 1.29 is 0 Å². The summed E-state index contributed by atoms with van der Waals surface area (Å²) in [5, 5.41) is 0.783. The maximum absolute atomic E-state index is 6.03. The maximum Gasteiger partial charge on any atom is 0.0887 e. The number of hydrogen-bond acceptors (Lipinski definition) is 1. The summed E-state index contributed by atoms with van der Waals surface area (Å²) in [5.41, 5.74) is 1.30. The Bertz CT molecular complexity index is 487. The zero-order chi connectivity index (χ0) is 12.4. The summed E-state index contributed by atoms with van der Waals surface area (Å²) in [6.07, 6.45) is 0.955. The molecule has 0 aliphatic carbocycles. The fraction of sp³-hybridized carbons (Fsp3) is 0.167. The molecule has 0 radical (unpaired) electrons. The number of alkyl halides is 1. The second-order valence-corrected chi connectivity index (χ2v) is 8.40. The summed E-state index contributed by atoms with van der Waals surface area (Å²) in [6, 6.07) is 10.4. The van der Waals surface area contributed by atoms with Gasteiger partial charge in [-0.25, -0.2) is 0 Å². The van der Waals surface area contributed by atoms with E-state index in [1.807, 2.05) is 6.07 Å². The third kappa shape index (κ3) is 3.80. The second-order valence-electron chi connectivity index (χ2n) is 3.57. The lowest BCUT2D eigenvalue weighted by Gasteiger charge is -2.07. The molecule has 0 bridgehead atoms. The summed E-state index contributed by atoms with van der Waals surface area (Å²) < 4.78 is 2.10. The van der Waals surface area contributed by atoms with Crippen molar-refractivity contribution in [2.45, 2.75) is 11.2 Å². The Kier molecular flexibility index (Phi) is 5.13. The molecule has 2 rings (SSSR count). The quantitative estimate of drug-likeness (QED) is 0.454. The van der Waals surface area contributed by atoms with Crippen LogP contribution in [0, 0.1) is 0 Å². The van der Waals surface area contributed by atoms with Crippen LogP contribution >= 0.6 is 70.7 Å². The smallest absolute Gasteiger partial charge is 0.0887 e. The van der Waals surface area contributed by atoms with E-state index in [4.69, 9.17) is 11.6 Å². The molecular weight excluding hydrogens is 451 g/mol. The van der Waals surface area contributed by atoms with Crippen LogP contribution in [-0.4, -0.2) is 0 Å². The lowest BCUT2D eigenvalue weighted by molar-refractivity contribution is 0.969. The summed E-state index contributed by atoms with van der Waals surface area (Å²) in [7, 11) is 0. The number of benzene rings is 1. The minimum absolute atomic E-state index is 0.303. The Balaban J connectivity index is 2.11. The van der Waals surface area contributed by atoms with Crippen LogP contribution in [0.1, 0.15) is 15.3 Å². The molecular formula is C12H8Br3ClS. The van der Waals surface area contributed by atoms with Crippen molar-refractivity contribution >= 4 is 70.7 Å². The van der Waals surface area contributed by atoms with Crippen LogP contribution < -0.4 is 0 Å². The minimum atomic E-state index is 0.303. The minimum Gasteiger partial charge on any atom is -0.130 e. The standard InChI is InChI=1S/C12H8Br3ClS/c13-8-3-1-7(2-4-8)5-9(14)11-6-10(16)12(15)17-11/h1-4,6,9H,5H2. The van der Waals surface area contributed by atoms with Gasteiger partial charge in [-0.2, -0.15) is 0 Å². The molecule has 0 amide bonds. The molecule has 1 aromatic heterocycles. The van der Waals surface area contributed by atoms with Gasteiger partial charge in [-0.3, -0.25) is 0 Å². The van der Waals surface area contributed by atoms with E-state index in [2.05, 4.69) is 72.1 Å². The second kappa shape index (κ2) is 6.20. The van der Waals surface area contributed by atoms with Gasteiger partial charge in [-0.1, -0.05) is 55.6 Å². The summed E-state index contributed by atoms with van der Waals surface area (Å²) >= 11 is 18.3. The van der Waals surface area contributed by atoms with Crippen LogP contribution in [0.2, 0.25) is 5.02 Å². The first kappa shape index (κ1) is 14.1. The fourth-order valence-corrected chi connectivity index (χ4v) is 4.22. The molecule has 0 nitrogen and oxygen atoms in total. The summed E-state index contributed by atoms with van der Waals surface area (Å²) in [6.45, 7) is 0. The first-order chi connectivity index (χ1) is 8.06.